The van der Waals surface area contributed by atoms with Crippen LogP contribution in [0, 0.1) is 11.8 Å². The zero-order valence-electron chi connectivity index (χ0n) is 44.2. The minimum absolute atomic E-state index is 0.0374. The predicted molar refractivity (Wildman–Crippen MR) is 301 cm³/mol. The normalized spacial score (nSPS) is 23.9. The molecule has 6 aromatic rings. The van der Waals surface area contributed by atoms with Crippen molar-refractivity contribution >= 4 is 67.9 Å². The smallest absolute Gasteiger partial charge is 0.279 e. The molecule has 76 heavy (non-hydrogen) atoms. The van der Waals surface area contributed by atoms with Crippen molar-refractivity contribution in [3.63, 3.8) is 0 Å². The zero-order chi connectivity index (χ0) is 52.8. The number of aromatic amines is 2. The molecule has 4 aromatic carbocycles. The van der Waals surface area contributed by atoms with Crippen molar-refractivity contribution in [3.05, 3.63) is 107 Å². The summed E-state index contributed by atoms with van der Waals surface area (Å²) in [6, 6.07) is 24.7. The van der Waals surface area contributed by atoms with Gasteiger partial charge in [0.1, 0.15) is 30.0 Å². The number of nitrogens with zero attached hydrogens (tertiary/aromatic N) is 4. The van der Waals surface area contributed by atoms with Crippen molar-refractivity contribution < 1.29 is 28.7 Å². The number of likely N-dealkylation sites (tertiary alicyclic amines) is 2. The SMILES string of the molecule is CO[C@H](C)[C@H](NC(=O)SC)C(=O)N1[C@H](c2nc3ccc(-c4cc5ccc4CCc4ccc(c(-c6ccc7nc([C@@H]8C[C@@H]9CCCC[C@@H]9N8C(=O)[C@@H](NC(=O)SC)[C@@H](N)OC)[nH]c7c6)c4)CC5)cc3[nH]2)C[C@@H]2CCCC[C@@H]21. The van der Waals surface area contributed by atoms with Crippen LogP contribution in [0.4, 0.5) is 9.59 Å². The number of methoxy groups -OCH3 is 2. The Morgan fingerprint density at radius 3 is 1.54 bits per heavy atom. The minimum Gasteiger partial charge on any atom is -0.379 e. The molecule has 4 fully saturated rings. The third-order valence-corrected chi connectivity index (χ3v) is 18.5. The number of hydrogen-bond donors (Lipinski definition) is 5. The molecule has 400 valence electrons. The lowest BCUT2D eigenvalue weighted by Crippen LogP contribution is -2.58. The first-order chi connectivity index (χ1) is 36.9. The highest BCUT2D eigenvalue weighted by atomic mass is 32.2. The molecular formula is C59H71N9O6S2. The van der Waals surface area contributed by atoms with Crippen molar-refractivity contribution in [2.24, 2.45) is 17.6 Å². The summed E-state index contributed by atoms with van der Waals surface area (Å²) in [5.41, 5.74) is 19.7. The number of imidazole rings is 2. The summed E-state index contributed by atoms with van der Waals surface area (Å²) >= 11 is 2.07. The van der Waals surface area contributed by atoms with E-state index in [1.807, 2.05) is 16.7 Å². The van der Waals surface area contributed by atoms with Crippen LogP contribution in [0.1, 0.15) is 117 Å². The second kappa shape index (κ2) is 22.3. The Labute approximate surface area is 453 Å². The van der Waals surface area contributed by atoms with Crippen molar-refractivity contribution in [1.29, 1.82) is 0 Å². The molecular weight excluding hydrogens is 995 g/mol. The fraction of sp³-hybridized carbons (Fsp3) is 0.492. The van der Waals surface area contributed by atoms with Gasteiger partial charge in [-0.25, -0.2) is 9.97 Å². The van der Waals surface area contributed by atoms with E-state index in [4.69, 9.17) is 25.2 Å². The number of aryl methyl sites for hydroxylation is 4. The Kier molecular flexibility index (Phi) is 15.4. The number of aromatic nitrogens is 4. The average Bonchev–Trinajstić information content (AvgIpc) is 4.26. The monoisotopic (exact) mass is 1070 g/mol. The number of H-pyrrole nitrogens is 2. The van der Waals surface area contributed by atoms with E-state index in [2.05, 4.69) is 93.4 Å². The van der Waals surface area contributed by atoms with Crippen LogP contribution in [0.3, 0.4) is 0 Å². The van der Waals surface area contributed by atoms with Crippen LogP contribution in [0.2, 0.25) is 0 Å². The van der Waals surface area contributed by atoms with Crippen molar-refractivity contribution in [2.75, 3.05) is 26.7 Å². The van der Waals surface area contributed by atoms with Gasteiger partial charge in [0, 0.05) is 26.3 Å². The summed E-state index contributed by atoms with van der Waals surface area (Å²) < 4.78 is 11.1. The lowest BCUT2D eigenvalue weighted by Gasteiger charge is -2.37. The van der Waals surface area contributed by atoms with Crippen LogP contribution < -0.4 is 16.4 Å². The number of carbonyl (C=O) groups excluding carboxylic acids is 4. The number of ether oxygens (including phenoxy) is 2. The number of fused-ring (bicyclic) bond motifs is 4. The first-order valence-corrected chi connectivity index (χ1v) is 29.8. The third-order valence-electron chi connectivity index (χ3n) is 17.5. The Hall–Kier alpha value is -5.72. The van der Waals surface area contributed by atoms with Gasteiger partial charge in [0.15, 0.2) is 0 Å². The van der Waals surface area contributed by atoms with E-state index in [0.717, 1.165) is 158 Å². The zero-order valence-corrected chi connectivity index (χ0v) is 45.9. The van der Waals surface area contributed by atoms with Crippen LogP contribution in [0.5, 0.6) is 0 Å². The summed E-state index contributed by atoms with van der Waals surface area (Å²) in [5, 5.41) is 5.20. The van der Waals surface area contributed by atoms with Crippen LogP contribution in [0.15, 0.2) is 72.8 Å². The molecule has 17 heteroatoms. The molecule has 6 aliphatic carbocycles. The molecule has 14 rings (SSSR count). The maximum absolute atomic E-state index is 14.6. The van der Waals surface area contributed by atoms with E-state index >= 15 is 0 Å². The van der Waals surface area contributed by atoms with Gasteiger partial charge < -0.3 is 45.6 Å². The van der Waals surface area contributed by atoms with Crippen molar-refractivity contribution in [1.82, 2.24) is 40.4 Å². The first-order valence-electron chi connectivity index (χ1n) is 27.3. The lowest BCUT2D eigenvalue weighted by molar-refractivity contribution is -0.141. The lowest BCUT2D eigenvalue weighted by atomic mass is 9.84. The second-order valence-electron chi connectivity index (χ2n) is 21.8. The molecule has 2 saturated heterocycles. The van der Waals surface area contributed by atoms with Crippen LogP contribution in [-0.4, -0.2) is 115 Å². The van der Waals surface area contributed by atoms with Gasteiger partial charge >= 0.3 is 0 Å². The highest BCUT2D eigenvalue weighted by molar-refractivity contribution is 8.13. The molecule has 0 unspecified atom stereocenters. The number of thioether (sulfide) groups is 2. The minimum atomic E-state index is -1.02. The average molecular weight is 1070 g/mol. The molecule has 15 nitrogen and oxygen atoms in total. The molecule has 0 spiro atoms. The highest BCUT2D eigenvalue weighted by Gasteiger charge is 2.50. The van der Waals surface area contributed by atoms with E-state index in [9.17, 15) is 19.2 Å². The maximum atomic E-state index is 14.6. The van der Waals surface area contributed by atoms with E-state index in [1.165, 1.54) is 40.5 Å². The molecule has 2 aromatic heterocycles. The second-order valence-corrected chi connectivity index (χ2v) is 23.3. The van der Waals surface area contributed by atoms with E-state index in [0.29, 0.717) is 11.8 Å². The first kappa shape index (κ1) is 52.3. The molecule has 4 bridgehead atoms. The van der Waals surface area contributed by atoms with E-state index in [-0.39, 0.29) is 46.5 Å². The summed E-state index contributed by atoms with van der Waals surface area (Å²) in [6.45, 7) is 1.84. The number of benzene rings is 4. The quantitative estimate of drug-likeness (QED) is 0.0731. The summed E-state index contributed by atoms with van der Waals surface area (Å²) in [6.07, 6.45) is 15.3. The number of carbonyl (C=O) groups is 4. The number of amides is 4. The third kappa shape index (κ3) is 10.2. The molecule has 10 atom stereocenters. The Morgan fingerprint density at radius 1 is 0.618 bits per heavy atom. The summed E-state index contributed by atoms with van der Waals surface area (Å²) in [7, 11) is 3.04. The van der Waals surface area contributed by atoms with Crippen LogP contribution in [0.25, 0.3) is 44.3 Å². The molecule has 2 saturated carbocycles. The largest absolute Gasteiger partial charge is 0.379 e. The van der Waals surface area contributed by atoms with Gasteiger partial charge in [-0.15, -0.1) is 0 Å². The Morgan fingerprint density at radius 2 is 1.08 bits per heavy atom. The van der Waals surface area contributed by atoms with Crippen LogP contribution in [-0.2, 0) is 44.7 Å². The molecule has 6 N–H and O–H groups in total. The molecule has 8 aliphatic rings. The fourth-order valence-corrected chi connectivity index (χ4v) is 14.0. The standard InChI is InChI=1S/C59H71N9O6S2/c1-32(73-2)51(65-58(71)75-4)56(69)67-47-12-8-6-10-39(47)30-49(67)54-61-43-24-22-37(28-45(43)63-54)41-26-33-14-18-35(41)19-15-34-17-21-36(20-16-33)42(27-34)38-23-25-44-46(29-38)64-55(62-44)50-31-40-11-7-9-13-48(40)68(50)57(70)52(53(60)74-3)66-59(72)76-5/h14,17-18,21-29,32,39-40,47-53H,6-13,15-16,19-20,30-31,60H2,1-5H3,(H,61,63)(H,62,64)(H,65,71)(H,66,72)/t32-,39+,40+,47+,48+,49+,50+,51+,52+,53+/m1/s1. The Bertz CT molecular complexity index is 2950. The number of hydrogen-bond acceptors (Lipinski definition) is 11. The molecule has 4 amide bonds. The fourth-order valence-electron chi connectivity index (χ4n) is 13.5. The van der Waals surface area contributed by atoms with Gasteiger partial charge in [0.2, 0.25) is 11.8 Å². The van der Waals surface area contributed by atoms with E-state index < -0.39 is 24.4 Å². The summed E-state index contributed by atoms with van der Waals surface area (Å²) in [5.74, 6) is 1.91. The summed E-state index contributed by atoms with van der Waals surface area (Å²) in [4.78, 5) is 76.1. The van der Waals surface area contributed by atoms with Gasteiger partial charge in [-0.3, -0.25) is 19.2 Å². The van der Waals surface area contributed by atoms with Gasteiger partial charge in [-0.1, -0.05) is 97.7 Å². The van der Waals surface area contributed by atoms with E-state index in [1.54, 1.807) is 19.6 Å². The number of nitrogens with one attached hydrogen (secondary N) is 4. The molecule has 2 aliphatic heterocycles. The highest BCUT2D eigenvalue weighted by Crippen LogP contribution is 2.48. The van der Waals surface area contributed by atoms with Crippen LogP contribution >= 0.6 is 23.5 Å². The van der Waals surface area contributed by atoms with Gasteiger partial charge in [0.05, 0.1) is 40.3 Å². The van der Waals surface area contributed by atoms with Gasteiger partial charge in [-0.05, 0) is 164 Å². The van der Waals surface area contributed by atoms with Gasteiger partial charge in [0.25, 0.3) is 10.5 Å². The van der Waals surface area contributed by atoms with Crippen molar-refractivity contribution in [3.8, 4) is 22.3 Å². The Balaban J connectivity index is 0.849. The molecule has 0 radical (unpaired) electrons. The van der Waals surface area contributed by atoms with Crippen molar-refractivity contribution in [2.45, 2.75) is 145 Å². The topological polar surface area (TPSA) is 201 Å². The number of rotatable bonds is 12. The number of nitrogens with two attached hydrogens (primary N) is 1. The molecule has 4 heterocycles. The van der Waals surface area contributed by atoms with Gasteiger partial charge in [-0.2, -0.15) is 0 Å². The predicted octanol–water partition coefficient (Wildman–Crippen LogP) is 10.2. The maximum Gasteiger partial charge on any atom is 0.279 e.